The van der Waals surface area contributed by atoms with Crippen molar-refractivity contribution in [1.29, 1.82) is 0 Å². The smallest absolute Gasteiger partial charge is 0.136 e. The van der Waals surface area contributed by atoms with Gasteiger partial charge in [-0.2, -0.15) is 0 Å². The van der Waals surface area contributed by atoms with Crippen LogP contribution in [0.5, 0.6) is 5.75 Å². The molecule has 2 atom stereocenters. The van der Waals surface area contributed by atoms with Gasteiger partial charge >= 0.3 is 0 Å². The van der Waals surface area contributed by atoms with Crippen molar-refractivity contribution in [3.63, 3.8) is 0 Å². The van der Waals surface area contributed by atoms with E-state index in [0.717, 1.165) is 37.9 Å². The molecule has 2 rings (SSSR count). The molecule has 0 amide bonds. The summed E-state index contributed by atoms with van der Waals surface area (Å²) in [5.74, 6) is 2.30. The summed E-state index contributed by atoms with van der Waals surface area (Å²) in [4.78, 5) is 12.2. The number of hydrogen-bond acceptors (Lipinski definition) is 2. The quantitative estimate of drug-likeness (QED) is 0.805. The van der Waals surface area contributed by atoms with Gasteiger partial charge in [-0.3, -0.25) is 4.79 Å². The zero-order valence-electron chi connectivity index (χ0n) is 13.8. The summed E-state index contributed by atoms with van der Waals surface area (Å²) in [5.41, 5.74) is 1.61. The van der Waals surface area contributed by atoms with E-state index in [1.807, 2.05) is 12.1 Å². The molecule has 0 bridgehead atoms. The maximum atomic E-state index is 12.2. The highest BCUT2D eigenvalue weighted by Crippen LogP contribution is 2.40. The van der Waals surface area contributed by atoms with E-state index in [-0.39, 0.29) is 5.92 Å². The molecule has 0 heterocycles. The monoisotopic (exact) mass is 288 g/mol. The predicted molar refractivity (Wildman–Crippen MR) is 86.6 cm³/mol. The fraction of sp³-hybridized carbons (Fsp3) is 0.632. The molecule has 2 nitrogen and oxygen atoms in total. The van der Waals surface area contributed by atoms with E-state index in [1.165, 1.54) is 5.56 Å². The minimum atomic E-state index is 0.255. The third kappa shape index (κ3) is 4.33. The van der Waals surface area contributed by atoms with Crippen LogP contribution in [0, 0.1) is 17.3 Å². The highest BCUT2D eigenvalue weighted by molar-refractivity contribution is 5.81. The Kier molecular flexibility index (Phi) is 5.08. The first-order valence-electron chi connectivity index (χ1n) is 8.06. The molecule has 1 fully saturated rings. The van der Waals surface area contributed by atoms with Crippen molar-refractivity contribution >= 4 is 5.78 Å². The lowest BCUT2D eigenvalue weighted by Gasteiger charge is -2.37. The SMILES string of the molecule is COc1ccc(CCC2CC(C(C)(C)C)CCC2=O)cc1. The number of ether oxygens (including phenoxy) is 1. The first-order chi connectivity index (χ1) is 9.90. The van der Waals surface area contributed by atoms with Crippen molar-refractivity contribution in [2.75, 3.05) is 7.11 Å². The molecule has 0 aliphatic heterocycles. The lowest BCUT2D eigenvalue weighted by molar-refractivity contribution is -0.126. The fourth-order valence-electron chi connectivity index (χ4n) is 3.31. The van der Waals surface area contributed by atoms with E-state index in [1.54, 1.807) is 7.11 Å². The molecule has 1 saturated carbocycles. The van der Waals surface area contributed by atoms with Gasteiger partial charge in [0.25, 0.3) is 0 Å². The van der Waals surface area contributed by atoms with Crippen LogP contribution in [0.2, 0.25) is 0 Å². The van der Waals surface area contributed by atoms with Crippen LogP contribution in [0.25, 0.3) is 0 Å². The lowest BCUT2D eigenvalue weighted by atomic mass is 9.68. The van der Waals surface area contributed by atoms with Crippen LogP contribution in [-0.2, 0) is 11.2 Å². The molecule has 21 heavy (non-hydrogen) atoms. The average molecular weight is 288 g/mol. The van der Waals surface area contributed by atoms with Crippen LogP contribution in [-0.4, -0.2) is 12.9 Å². The van der Waals surface area contributed by atoms with E-state index in [4.69, 9.17) is 4.74 Å². The number of methoxy groups -OCH3 is 1. The van der Waals surface area contributed by atoms with Crippen LogP contribution in [0.1, 0.15) is 52.0 Å². The Morgan fingerprint density at radius 1 is 1.19 bits per heavy atom. The molecular formula is C19H28O2. The topological polar surface area (TPSA) is 26.3 Å². The number of Topliss-reactive ketones (excluding diaryl/α,β-unsaturated/α-hetero) is 1. The lowest BCUT2D eigenvalue weighted by Crippen LogP contribution is -2.32. The van der Waals surface area contributed by atoms with Crippen molar-refractivity contribution in [2.45, 2.75) is 52.9 Å². The molecule has 2 heteroatoms. The van der Waals surface area contributed by atoms with Crippen molar-refractivity contribution in [3.05, 3.63) is 29.8 Å². The predicted octanol–water partition coefficient (Wildman–Crippen LogP) is 4.66. The summed E-state index contributed by atoms with van der Waals surface area (Å²) < 4.78 is 5.18. The number of carbonyl (C=O) groups excluding carboxylic acids is 1. The van der Waals surface area contributed by atoms with E-state index >= 15 is 0 Å². The third-order valence-corrected chi connectivity index (χ3v) is 4.93. The minimum absolute atomic E-state index is 0.255. The minimum Gasteiger partial charge on any atom is -0.497 e. The Morgan fingerprint density at radius 3 is 2.43 bits per heavy atom. The van der Waals surface area contributed by atoms with Gasteiger partial charge in [0.2, 0.25) is 0 Å². The molecule has 1 aromatic rings. The number of benzene rings is 1. The molecule has 0 radical (unpaired) electrons. The Hall–Kier alpha value is -1.31. The van der Waals surface area contributed by atoms with Crippen LogP contribution < -0.4 is 4.74 Å². The van der Waals surface area contributed by atoms with Crippen molar-refractivity contribution < 1.29 is 9.53 Å². The number of carbonyl (C=O) groups is 1. The maximum Gasteiger partial charge on any atom is 0.136 e. The van der Waals surface area contributed by atoms with Crippen molar-refractivity contribution in [3.8, 4) is 5.75 Å². The highest BCUT2D eigenvalue weighted by atomic mass is 16.5. The fourth-order valence-corrected chi connectivity index (χ4v) is 3.31. The summed E-state index contributed by atoms with van der Waals surface area (Å²) in [6.45, 7) is 6.90. The highest BCUT2D eigenvalue weighted by Gasteiger charge is 2.34. The molecule has 0 spiro atoms. The molecule has 0 saturated heterocycles. The molecular weight excluding hydrogens is 260 g/mol. The van der Waals surface area contributed by atoms with Gasteiger partial charge in [-0.1, -0.05) is 32.9 Å². The number of ketones is 1. The third-order valence-electron chi connectivity index (χ3n) is 4.93. The molecule has 2 unspecified atom stereocenters. The second-order valence-electron chi connectivity index (χ2n) is 7.39. The molecule has 0 aromatic heterocycles. The van der Waals surface area contributed by atoms with Gasteiger partial charge in [-0.15, -0.1) is 0 Å². The zero-order valence-corrected chi connectivity index (χ0v) is 13.8. The van der Waals surface area contributed by atoms with E-state index in [2.05, 4.69) is 32.9 Å². The molecule has 0 N–H and O–H groups in total. The summed E-state index contributed by atoms with van der Waals surface area (Å²) in [6, 6.07) is 8.20. The van der Waals surface area contributed by atoms with E-state index in [9.17, 15) is 4.79 Å². The van der Waals surface area contributed by atoms with Gasteiger partial charge in [0.1, 0.15) is 11.5 Å². The first-order valence-corrected chi connectivity index (χ1v) is 8.06. The van der Waals surface area contributed by atoms with Crippen molar-refractivity contribution in [1.82, 2.24) is 0 Å². The van der Waals surface area contributed by atoms with Gasteiger partial charge in [-0.25, -0.2) is 0 Å². The summed E-state index contributed by atoms with van der Waals surface area (Å²) in [7, 11) is 1.68. The Bertz CT molecular complexity index is 467. The van der Waals surface area contributed by atoms with Gasteiger partial charge in [0.05, 0.1) is 7.11 Å². The van der Waals surface area contributed by atoms with Crippen LogP contribution in [0.3, 0.4) is 0 Å². The van der Waals surface area contributed by atoms with E-state index in [0.29, 0.717) is 17.1 Å². The summed E-state index contributed by atoms with van der Waals surface area (Å²) >= 11 is 0. The van der Waals surface area contributed by atoms with Crippen LogP contribution >= 0.6 is 0 Å². The molecule has 1 aliphatic rings. The zero-order chi connectivity index (χ0) is 15.5. The first kappa shape index (κ1) is 16.1. The average Bonchev–Trinajstić information content (AvgIpc) is 2.45. The van der Waals surface area contributed by atoms with E-state index < -0.39 is 0 Å². The Balaban J connectivity index is 1.92. The van der Waals surface area contributed by atoms with Gasteiger partial charge in [-0.05, 0) is 54.7 Å². The van der Waals surface area contributed by atoms with Crippen LogP contribution in [0.4, 0.5) is 0 Å². The molecule has 116 valence electrons. The Morgan fingerprint density at radius 2 is 1.86 bits per heavy atom. The van der Waals surface area contributed by atoms with Crippen molar-refractivity contribution in [2.24, 2.45) is 17.3 Å². The number of rotatable bonds is 4. The second-order valence-corrected chi connectivity index (χ2v) is 7.39. The normalized spacial score (nSPS) is 23.1. The Labute approximate surface area is 128 Å². The number of aryl methyl sites for hydroxylation is 1. The second kappa shape index (κ2) is 6.64. The molecule has 1 aromatic carbocycles. The van der Waals surface area contributed by atoms with Gasteiger partial charge < -0.3 is 4.74 Å². The maximum absolute atomic E-state index is 12.2. The molecule has 1 aliphatic carbocycles. The van der Waals surface area contributed by atoms with Gasteiger partial charge in [0.15, 0.2) is 0 Å². The largest absolute Gasteiger partial charge is 0.497 e. The summed E-state index contributed by atoms with van der Waals surface area (Å²) in [5, 5.41) is 0. The van der Waals surface area contributed by atoms with Crippen LogP contribution in [0.15, 0.2) is 24.3 Å². The standard InChI is InChI=1S/C19H28O2/c1-19(2,3)16-9-12-18(20)15(13-16)8-5-14-6-10-17(21-4)11-7-14/h6-7,10-11,15-16H,5,8-9,12-13H2,1-4H3. The van der Waals surface area contributed by atoms with Gasteiger partial charge in [0, 0.05) is 12.3 Å². The summed E-state index contributed by atoms with van der Waals surface area (Å²) in [6.07, 6.45) is 4.88. The number of hydrogen-bond donors (Lipinski definition) is 0.